The van der Waals surface area contributed by atoms with Crippen LogP contribution in [0.4, 0.5) is 0 Å². The van der Waals surface area contributed by atoms with Gasteiger partial charge >= 0.3 is 17.9 Å². The molecule has 10 heteroatoms. The zero-order valence-electron chi connectivity index (χ0n) is 23.0. The van der Waals surface area contributed by atoms with Crippen LogP contribution in [-0.4, -0.2) is 65.6 Å². The van der Waals surface area contributed by atoms with E-state index in [0.717, 1.165) is 11.0 Å². The summed E-state index contributed by atoms with van der Waals surface area (Å²) in [5, 5.41) is 0. The minimum absolute atomic E-state index is 0.206. The molecule has 1 saturated heterocycles. The molecule has 4 rings (SSSR count). The molecule has 0 aromatic heterocycles. The Hall–Kier alpha value is -5.09. The van der Waals surface area contributed by atoms with Crippen LogP contribution in [0.2, 0.25) is 0 Å². The van der Waals surface area contributed by atoms with Gasteiger partial charge in [0.1, 0.15) is 12.7 Å². The number of carbonyl (C=O) groups excluding carboxylic acids is 5. The van der Waals surface area contributed by atoms with E-state index in [0.29, 0.717) is 0 Å². The average Bonchev–Trinajstić information content (AvgIpc) is 3.32. The standard InChI is InChI=1S/C32H29NO9/c1-21(34)18-19-33(22(2)35)29-28(42-32(38)25-16-10-5-11-17-25)27(41-31(37)24-14-8-4-9-15-24)26(40-29)20-39-30(36)23-12-6-3-7-13-23/h3-19,26-29H,20H2,1-2H3/b19-18-/t26-,27?,28+,29-/m1/s1. The molecule has 0 radical (unpaired) electrons. The molecule has 1 unspecified atom stereocenters. The molecule has 42 heavy (non-hydrogen) atoms. The van der Waals surface area contributed by atoms with E-state index in [4.69, 9.17) is 18.9 Å². The van der Waals surface area contributed by atoms with Crippen LogP contribution in [0.5, 0.6) is 0 Å². The van der Waals surface area contributed by atoms with Gasteiger partial charge in [-0.2, -0.15) is 0 Å². The maximum atomic E-state index is 13.2. The number of amides is 1. The Balaban J connectivity index is 1.70. The summed E-state index contributed by atoms with van der Waals surface area (Å²) in [5.74, 6) is -3.08. The van der Waals surface area contributed by atoms with Gasteiger partial charge in [-0.1, -0.05) is 54.6 Å². The van der Waals surface area contributed by atoms with Gasteiger partial charge < -0.3 is 18.9 Å². The highest BCUT2D eigenvalue weighted by Gasteiger charge is 2.53. The Labute approximate surface area is 242 Å². The molecule has 1 fully saturated rings. The molecule has 3 aromatic carbocycles. The predicted molar refractivity (Wildman–Crippen MR) is 149 cm³/mol. The van der Waals surface area contributed by atoms with Gasteiger partial charge in [0.05, 0.1) is 16.7 Å². The lowest BCUT2D eigenvalue weighted by Gasteiger charge is -2.29. The smallest absolute Gasteiger partial charge is 0.338 e. The van der Waals surface area contributed by atoms with E-state index in [1.165, 1.54) is 32.2 Å². The first-order valence-electron chi connectivity index (χ1n) is 13.1. The molecule has 216 valence electrons. The van der Waals surface area contributed by atoms with Crippen LogP contribution >= 0.6 is 0 Å². The molecule has 0 N–H and O–H groups in total. The monoisotopic (exact) mass is 571 g/mol. The lowest BCUT2D eigenvalue weighted by atomic mass is 10.1. The van der Waals surface area contributed by atoms with Crippen molar-refractivity contribution in [2.75, 3.05) is 6.61 Å². The van der Waals surface area contributed by atoms with Gasteiger partial charge in [-0.3, -0.25) is 14.5 Å². The molecule has 0 aliphatic carbocycles. The van der Waals surface area contributed by atoms with Gasteiger partial charge in [0.2, 0.25) is 5.91 Å². The molecule has 1 amide bonds. The van der Waals surface area contributed by atoms with Gasteiger partial charge in [-0.05, 0) is 49.4 Å². The van der Waals surface area contributed by atoms with E-state index in [-0.39, 0.29) is 22.5 Å². The molecule has 1 aliphatic heterocycles. The van der Waals surface area contributed by atoms with E-state index in [9.17, 15) is 24.0 Å². The van der Waals surface area contributed by atoms with Crippen molar-refractivity contribution < 1.29 is 42.9 Å². The lowest BCUT2D eigenvalue weighted by molar-refractivity contribution is -0.144. The second-order valence-corrected chi connectivity index (χ2v) is 9.35. The van der Waals surface area contributed by atoms with Crippen LogP contribution in [0.1, 0.15) is 44.9 Å². The van der Waals surface area contributed by atoms with Crippen LogP contribution in [0.3, 0.4) is 0 Å². The van der Waals surface area contributed by atoms with Crippen molar-refractivity contribution >= 4 is 29.6 Å². The second-order valence-electron chi connectivity index (χ2n) is 9.35. The minimum atomic E-state index is -1.37. The Morgan fingerprint density at radius 3 is 1.60 bits per heavy atom. The number of carbonyl (C=O) groups is 5. The molecule has 0 bridgehead atoms. The number of ketones is 1. The molecule has 10 nitrogen and oxygen atoms in total. The van der Waals surface area contributed by atoms with Crippen molar-refractivity contribution in [3.8, 4) is 0 Å². The number of hydrogen-bond acceptors (Lipinski definition) is 9. The summed E-state index contributed by atoms with van der Waals surface area (Å²) in [5.41, 5.74) is 0.706. The quantitative estimate of drug-likeness (QED) is 0.202. The van der Waals surface area contributed by atoms with E-state index < -0.39 is 55.0 Å². The fourth-order valence-electron chi connectivity index (χ4n) is 4.24. The highest BCUT2D eigenvalue weighted by atomic mass is 16.7. The fraction of sp³-hybridized carbons (Fsp3) is 0.219. The molecular weight excluding hydrogens is 542 g/mol. The average molecular weight is 572 g/mol. The summed E-state index contributed by atoms with van der Waals surface area (Å²) < 4.78 is 23.2. The Bertz CT molecular complexity index is 1440. The third-order valence-corrected chi connectivity index (χ3v) is 6.29. The normalized spacial score (nSPS) is 19.6. The van der Waals surface area contributed by atoms with E-state index in [2.05, 4.69) is 0 Å². The number of esters is 3. The van der Waals surface area contributed by atoms with Crippen molar-refractivity contribution in [1.29, 1.82) is 0 Å². The lowest BCUT2D eigenvalue weighted by Crippen LogP contribution is -2.47. The summed E-state index contributed by atoms with van der Waals surface area (Å²) in [7, 11) is 0. The first-order valence-corrected chi connectivity index (χ1v) is 13.1. The van der Waals surface area contributed by atoms with Crippen LogP contribution in [0.15, 0.2) is 103 Å². The van der Waals surface area contributed by atoms with Crippen molar-refractivity contribution in [2.24, 2.45) is 0 Å². The summed E-state index contributed by atoms with van der Waals surface area (Å²) in [6.07, 6.45) is -2.82. The molecule has 0 spiro atoms. The van der Waals surface area contributed by atoms with Crippen LogP contribution in [-0.2, 0) is 28.5 Å². The van der Waals surface area contributed by atoms with E-state index in [1.807, 2.05) is 0 Å². The molecule has 1 aliphatic rings. The number of benzene rings is 3. The van der Waals surface area contributed by atoms with Gasteiger partial charge in [0.15, 0.2) is 24.2 Å². The van der Waals surface area contributed by atoms with Crippen molar-refractivity contribution in [3.63, 3.8) is 0 Å². The van der Waals surface area contributed by atoms with Gasteiger partial charge in [0.25, 0.3) is 0 Å². The van der Waals surface area contributed by atoms with Crippen molar-refractivity contribution in [3.05, 3.63) is 120 Å². The van der Waals surface area contributed by atoms with Gasteiger partial charge in [-0.15, -0.1) is 0 Å². The number of hydrogen-bond donors (Lipinski definition) is 0. The zero-order chi connectivity index (χ0) is 30.1. The Morgan fingerprint density at radius 2 is 1.14 bits per heavy atom. The Kier molecular flexibility index (Phi) is 9.96. The molecule has 3 aromatic rings. The largest absolute Gasteiger partial charge is 0.459 e. The van der Waals surface area contributed by atoms with Gasteiger partial charge in [-0.25, -0.2) is 14.4 Å². The molecule has 1 heterocycles. The SMILES string of the molecule is CC(=O)/C=C\N(C(C)=O)[C@@H]1O[C@H](COC(=O)c2ccccc2)C(OC(=O)c2ccccc2)[C@@H]1OC(=O)c1ccccc1. The van der Waals surface area contributed by atoms with Crippen LogP contribution in [0, 0.1) is 0 Å². The summed E-state index contributed by atoms with van der Waals surface area (Å²) >= 11 is 0. The van der Waals surface area contributed by atoms with Crippen LogP contribution in [0.25, 0.3) is 0 Å². The number of rotatable bonds is 10. The second kappa shape index (κ2) is 14.0. The maximum absolute atomic E-state index is 13.2. The fourth-order valence-corrected chi connectivity index (χ4v) is 4.24. The van der Waals surface area contributed by atoms with Crippen molar-refractivity contribution in [2.45, 2.75) is 38.4 Å². The van der Waals surface area contributed by atoms with Crippen LogP contribution < -0.4 is 0 Å². The maximum Gasteiger partial charge on any atom is 0.338 e. The number of ether oxygens (including phenoxy) is 4. The topological polar surface area (TPSA) is 126 Å². The minimum Gasteiger partial charge on any atom is -0.459 e. The molecular formula is C32H29NO9. The first-order chi connectivity index (χ1) is 20.2. The highest BCUT2D eigenvalue weighted by molar-refractivity contribution is 5.91. The van der Waals surface area contributed by atoms with Gasteiger partial charge in [0, 0.05) is 13.1 Å². The highest BCUT2D eigenvalue weighted by Crippen LogP contribution is 2.31. The zero-order valence-corrected chi connectivity index (χ0v) is 23.0. The van der Waals surface area contributed by atoms with E-state index in [1.54, 1.807) is 78.9 Å². The predicted octanol–water partition coefficient (Wildman–Crippen LogP) is 3.97. The summed E-state index contributed by atoms with van der Waals surface area (Å²) in [6, 6.07) is 24.5. The third-order valence-electron chi connectivity index (χ3n) is 6.29. The number of nitrogens with zero attached hydrogens (tertiary/aromatic N) is 1. The number of allylic oxidation sites excluding steroid dienone is 1. The molecule has 4 atom stereocenters. The first kappa shape index (κ1) is 29.9. The van der Waals surface area contributed by atoms with E-state index >= 15 is 0 Å². The van der Waals surface area contributed by atoms with Crippen molar-refractivity contribution in [1.82, 2.24) is 4.90 Å². The molecule has 0 saturated carbocycles. The third kappa shape index (κ3) is 7.55. The summed E-state index contributed by atoms with van der Waals surface area (Å²) in [6.45, 7) is 2.13. The Morgan fingerprint density at radius 1 is 0.690 bits per heavy atom. The summed E-state index contributed by atoms with van der Waals surface area (Å²) in [4.78, 5) is 64.5.